The molecule has 0 bridgehead atoms. The van der Waals surface area contributed by atoms with Crippen molar-refractivity contribution in [3.05, 3.63) is 0 Å². The Morgan fingerprint density at radius 3 is 0.794 bits per heavy atom. The van der Waals surface area contributed by atoms with E-state index in [0.29, 0.717) is 17.9 Å². The van der Waals surface area contributed by atoms with Gasteiger partial charge in [-0.15, -0.1) is 0 Å². The third-order valence-electron chi connectivity index (χ3n) is 15.7. The maximum atomic E-state index is 13.5. The normalized spacial score (nSPS) is 15.1. The summed E-state index contributed by atoms with van der Waals surface area (Å²) in [7, 11) is 0. The number of aliphatic hydroxyl groups excluding tert-OH is 1. The minimum Gasteiger partial charge on any atom is -0.393 e. The van der Waals surface area contributed by atoms with Crippen LogP contribution in [0, 0.1) is 0 Å². The van der Waals surface area contributed by atoms with E-state index in [2.05, 4.69) is 42.4 Å². The summed E-state index contributed by atoms with van der Waals surface area (Å²) in [6.45, 7) is 15.4. The number of aliphatic hydroxyl groups is 1. The third-order valence-corrected chi connectivity index (χ3v) is 15.7. The van der Waals surface area contributed by atoms with Gasteiger partial charge in [0, 0.05) is 45.1 Å². The molecular formula is C62H123N3O3. The fourth-order valence-corrected chi connectivity index (χ4v) is 10.9. The van der Waals surface area contributed by atoms with Gasteiger partial charge in [-0.1, -0.05) is 246 Å². The molecule has 68 heavy (non-hydrogen) atoms. The SMILES string of the molecule is CCCCCCCCCCN(CCCCCCCCCC)C(=O)CCCCCCCN(CCCCCCCC(=O)N(CCCCCCCCCC)CCCCCCCCCC)C1CCC(O)CC1. The number of hydrogen-bond acceptors (Lipinski definition) is 4. The summed E-state index contributed by atoms with van der Waals surface area (Å²) < 4.78 is 0. The van der Waals surface area contributed by atoms with Gasteiger partial charge in [-0.25, -0.2) is 0 Å². The fraction of sp³-hybridized carbons (Fsp3) is 0.968. The fourth-order valence-electron chi connectivity index (χ4n) is 10.9. The summed E-state index contributed by atoms with van der Waals surface area (Å²) in [4.78, 5) is 34.2. The molecule has 0 spiro atoms. The van der Waals surface area contributed by atoms with Crippen LogP contribution in [0.5, 0.6) is 0 Å². The summed E-state index contributed by atoms with van der Waals surface area (Å²) in [5.41, 5.74) is 0. The lowest BCUT2D eigenvalue weighted by Gasteiger charge is -2.36. The maximum absolute atomic E-state index is 13.5. The van der Waals surface area contributed by atoms with Crippen molar-refractivity contribution in [2.45, 2.75) is 348 Å². The van der Waals surface area contributed by atoms with E-state index in [1.54, 1.807) is 0 Å². The van der Waals surface area contributed by atoms with Gasteiger partial charge in [0.15, 0.2) is 0 Å². The first-order valence-electron chi connectivity index (χ1n) is 31.4. The van der Waals surface area contributed by atoms with Crippen molar-refractivity contribution < 1.29 is 14.7 Å². The average Bonchev–Trinajstić information content (AvgIpc) is 3.34. The smallest absolute Gasteiger partial charge is 0.222 e. The number of unbranched alkanes of at least 4 members (excludes halogenated alkanes) is 36. The maximum Gasteiger partial charge on any atom is 0.222 e. The highest BCUT2D eigenvalue weighted by molar-refractivity contribution is 5.76. The van der Waals surface area contributed by atoms with Gasteiger partial charge < -0.3 is 19.8 Å². The van der Waals surface area contributed by atoms with Crippen molar-refractivity contribution >= 4 is 11.8 Å². The Hall–Kier alpha value is -1.14. The first-order chi connectivity index (χ1) is 33.5. The quantitative estimate of drug-likeness (QED) is 0.0617. The van der Waals surface area contributed by atoms with Crippen LogP contribution in [0.3, 0.4) is 0 Å². The zero-order valence-corrected chi connectivity index (χ0v) is 46.9. The van der Waals surface area contributed by atoms with Crippen LogP contribution in [0.15, 0.2) is 0 Å². The van der Waals surface area contributed by atoms with Gasteiger partial charge in [-0.3, -0.25) is 9.59 Å². The average molecular weight is 959 g/mol. The van der Waals surface area contributed by atoms with Crippen LogP contribution >= 0.6 is 0 Å². The minimum absolute atomic E-state index is 0.105. The molecule has 1 rings (SSSR count). The number of carbonyl (C=O) groups is 2. The van der Waals surface area contributed by atoms with Crippen LogP contribution < -0.4 is 0 Å². The third kappa shape index (κ3) is 40.5. The molecule has 0 heterocycles. The summed E-state index contributed by atoms with van der Waals surface area (Å²) in [5.74, 6) is 0.830. The van der Waals surface area contributed by atoms with Gasteiger partial charge in [0.1, 0.15) is 0 Å². The Kier molecular flexibility index (Phi) is 48.5. The first kappa shape index (κ1) is 64.9. The van der Waals surface area contributed by atoms with Crippen molar-refractivity contribution in [1.29, 1.82) is 0 Å². The Morgan fingerprint density at radius 2 is 0.529 bits per heavy atom. The summed E-state index contributed by atoms with van der Waals surface area (Å²) in [6.07, 6.45) is 59.7. The highest BCUT2D eigenvalue weighted by atomic mass is 16.3. The number of carbonyl (C=O) groups excluding carboxylic acids is 2. The minimum atomic E-state index is -0.105. The topological polar surface area (TPSA) is 64.1 Å². The van der Waals surface area contributed by atoms with Crippen molar-refractivity contribution in [1.82, 2.24) is 14.7 Å². The van der Waals surface area contributed by atoms with E-state index in [1.807, 2.05) is 0 Å². The molecule has 0 saturated heterocycles. The molecule has 0 unspecified atom stereocenters. The second-order valence-corrected chi connectivity index (χ2v) is 22.2. The number of hydrogen-bond donors (Lipinski definition) is 1. The predicted molar refractivity (Wildman–Crippen MR) is 299 cm³/mol. The van der Waals surface area contributed by atoms with Gasteiger partial charge >= 0.3 is 0 Å². The molecular weight excluding hydrogens is 835 g/mol. The van der Waals surface area contributed by atoms with Gasteiger partial charge in [-0.2, -0.15) is 0 Å². The molecule has 1 N–H and O–H groups in total. The molecule has 1 fully saturated rings. The van der Waals surface area contributed by atoms with Gasteiger partial charge in [0.2, 0.25) is 11.8 Å². The molecule has 1 aliphatic carbocycles. The van der Waals surface area contributed by atoms with Crippen molar-refractivity contribution in [3.63, 3.8) is 0 Å². The van der Waals surface area contributed by atoms with Crippen molar-refractivity contribution in [2.75, 3.05) is 39.3 Å². The Morgan fingerprint density at radius 1 is 0.309 bits per heavy atom. The first-order valence-corrected chi connectivity index (χ1v) is 31.4. The molecule has 0 aromatic heterocycles. The molecule has 0 atom stereocenters. The molecule has 1 saturated carbocycles. The van der Waals surface area contributed by atoms with Crippen LogP contribution in [0.2, 0.25) is 0 Å². The summed E-state index contributed by atoms with van der Waals surface area (Å²) in [6, 6.07) is 0.620. The van der Waals surface area contributed by atoms with Gasteiger partial charge in [0.25, 0.3) is 0 Å². The lowest BCUT2D eigenvalue weighted by atomic mass is 9.91. The van der Waals surface area contributed by atoms with Crippen LogP contribution in [0.25, 0.3) is 0 Å². The van der Waals surface area contributed by atoms with E-state index in [1.165, 1.54) is 270 Å². The van der Waals surface area contributed by atoms with Crippen LogP contribution in [-0.2, 0) is 9.59 Å². The number of rotatable bonds is 53. The van der Waals surface area contributed by atoms with E-state index in [-0.39, 0.29) is 6.10 Å². The van der Waals surface area contributed by atoms with E-state index in [0.717, 1.165) is 77.5 Å². The second-order valence-electron chi connectivity index (χ2n) is 22.2. The molecule has 404 valence electrons. The standard InChI is InChI=1S/C62H123N3O3/c1-5-9-13-17-21-25-33-43-55-64(56-44-34-26-22-18-14-10-6-2)61(67)47-39-31-29-37-41-53-63(59-49-51-60(66)52-50-59)54-42-38-30-32-40-48-62(68)65(57-45-35-27-23-19-15-11-7-3)58-46-36-28-24-20-16-12-8-4/h59-60,66H,5-58H2,1-4H3. The van der Waals surface area contributed by atoms with Crippen molar-refractivity contribution in [3.8, 4) is 0 Å². The summed E-state index contributed by atoms with van der Waals surface area (Å²) in [5, 5.41) is 10.3. The molecule has 1 aliphatic rings. The molecule has 0 aliphatic heterocycles. The highest BCUT2D eigenvalue weighted by Gasteiger charge is 2.24. The molecule has 2 amide bonds. The lowest BCUT2D eigenvalue weighted by Crippen LogP contribution is -2.40. The molecule has 0 radical (unpaired) electrons. The van der Waals surface area contributed by atoms with E-state index in [9.17, 15) is 14.7 Å². The Bertz CT molecular complexity index is 936. The zero-order valence-electron chi connectivity index (χ0n) is 46.9. The monoisotopic (exact) mass is 958 g/mol. The second kappa shape index (κ2) is 50.8. The van der Waals surface area contributed by atoms with Crippen LogP contribution in [-0.4, -0.2) is 83.0 Å². The largest absolute Gasteiger partial charge is 0.393 e. The molecule has 6 heteroatoms. The molecule has 0 aromatic carbocycles. The van der Waals surface area contributed by atoms with Gasteiger partial charge in [0.05, 0.1) is 6.10 Å². The molecule has 0 aromatic rings. The zero-order chi connectivity index (χ0) is 49.2. The van der Waals surface area contributed by atoms with E-state index >= 15 is 0 Å². The number of nitrogens with zero attached hydrogens (tertiary/aromatic N) is 3. The van der Waals surface area contributed by atoms with Crippen LogP contribution in [0.4, 0.5) is 0 Å². The van der Waals surface area contributed by atoms with Crippen molar-refractivity contribution in [2.24, 2.45) is 0 Å². The van der Waals surface area contributed by atoms with E-state index < -0.39 is 0 Å². The highest BCUT2D eigenvalue weighted by Crippen LogP contribution is 2.25. The van der Waals surface area contributed by atoms with E-state index in [4.69, 9.17) is 0 Å². The predicted octanol–water partition coefficient (Wildman–Crippen LogP) is 18.5. The number of amides is 2. The lowest BCUT2D eigenvalue weighted by molar-refractivity contribution is -0.132. The van der Waals surface area contributed by atoms with Crippen LogP contribution in [0.1, 0.15) is 336 Å². The Labute approximate surface area is 426 Å². The van der Waals surface area contributed by atoms with Gasteiger partial charge in [-0.05, 0) is 90.1 Å². The molecule has 6 nitrogen and oxygen atoms in total. The summed E-state index contributed by atoms with van der Waals surface area (Å²) >= 11 is 0. The Balaban J connectivity index is 2.44.